The van der Waals surface area contributed by atoms with E-state index in [4.69, 9.17) is 9.15 Å². The van der Waals surface area contributed by atoms with E-state index in [1.807, 2.05) is 48.5 Å². The van der Waals surface area contributed by atoms with Gasteiger partial charge < -0.3 is 9.15 Å². The van der Waals surface area contributed by atoms with Crippen LogP contribution in [0.25, 0.3) is 11.5 Å². The number of aromatic nitrogens is 2. The summed E-state index contributed by atoms with van der Waals surface area (Å²) in [6.45, 7) is 0.580. The summed E-state index contributed by atoms with van der Waals surface area (Å²) in [5.41, 5.74) is 3.29. The number of rotatable bonds is 8. The molecule has 4 aromatic rings. The molecule has 28 heavy (non-hydrogen) atoms. The van der Waals surface area contributed by atoms with Crippen LogP contribution < -0.4 is 4.74 Å². The van der Waals surface area contributed by atoms with Gasteiger partial charge in [-0.1, -0.05) is 48.5 Å². The maximum Gasteiger partial charge on any atom is 0.194 e. The van der Waals surface area contributed by atoms with Crippen molar-refractivity contribution in [3.05, 3.63) is 102 Å². The zero-order valence-corrected chi connectivity index (χ0v) is 15.6. The highest BCUT2D eigenvalue weighted by Crippen LogP contribution is 2.19. The quantitative estimate of drug-likeness (QED) is 0.411. The minimum absolute atomic E-state index is 0.580. The summed E-state index contributed by atoms with van der Waals surface area (Å²) in [6, 6.07) is 24.2. The molecule has 0 atom stereocenters. The van der Waals surface area contributed by atoms with Gasteiger partial charge in [-0.05, 0) is 48.2 Å². The number of aryl methyl sites for hydroxylation is 2. The Bertz CT molecular complexity index is 980. The van der Waals surface area contributed by atoms with Crippen LogP contribution in [0.5, 0.6) is 5.75 Å². The van der Waals surface area contributed by atoms with Gasteiger partial charge in [-0.2, -0.15) is 0 Å². The van der Waals surface area contributed by atoms with Gasteiger partial charge in [0.15, 0.2) is 11.7 Å². The van der Waals surface area contributed by atoms with Crippen LogP contribution in [-0.2, 0) is 19.4 Å². The first kappa shape index (κ1) is 18.0. The van der Waals surface area contributed by atoms with Crippen molar-refractivity contribution < 1.29 is 9.15 Å². The standard InChI is InChI=1S/C24H22N2O2/c1-2-8-21(9-3-1)27-18-20-14-12-19(13-15-20)7-6-11-24-26-17-23(28-24)22-10-4-5-16-25-22/h1-5,8-10,12-17H,6-7,11,18H2. The lowest BCUT2D eigenvalue weighted by atomic mass is 10.1. The average molecular weight is 370 g/mol. The highest BCUT2D eigenvalue weighted by Gasteiger charge is 2.07. The second-order valence-electron chi connectivity index (χ2n) is 6.61. The summed E-state index contributed by atoms with van der Waals surface area (Å²) < 4.78 is 11.6. The minimum atomic E-state index is 0.580. The van der Waals surface area contributed by atoms with Crippen molar-refractivity contribution in [3.63, 3.8) is 0 Å². The number of pyridine rings is 1. The van der Waals surface area contributed by atoms with Crippen LogP contribution in [0.15, 0.2) is 89.6 Å². The molecular weight excluding hydrogens is 348 g/mol. The first-order valence-electron chi connectivity index (χ1n) is 9.48. The third-order valence-electron chi connectivity index (χ3n) is 4.50. The van der Waals surface area contributed by atoms with E-state index < -0.39 is 0 Å². The Labute approximate surface area is 164 Å². The molecule has 0 aliphatic carbocycles. The molecule has 2 aromatic carbocycles. The lowest BCUT2D eigenvalue weighted by Crippen LogP contribution is -1.96. The molecule has 0 spiro atoms. The van der Waals surface area contributed by atoms with Crippen LogP contribution in [0.4, 0.5) is 0 Å². The van der Waals surface area contributed by atoms with Gasteiger partial charge in [0.25, 0.3) is 0 Å². The highest BCUT2D eigenvalue weighted by molar-refractivity contribution is 5.49. The summed E-state index contributed by atoms with van der Waals surface area (Å²) in [5, 5.41) is 0. The van der Waals surface area contributed by atoms with E-state index in [1.165, 1.54) is 11.1 Å². The SMILES string of the molecule is c1ccc(OCc2ccc(CCCc3ncc(-c4ccccn4)o3)cc2)cc1. The smallest absolute Gasteiger partial charge is 0.194 e. The van der Waals surface area contributed by atoms with E-state index in [1.54, 1.807) is 12.4 Å². The molecule has 0 saturated heterocycles. The van der Waals surface area contributed by atoms with Crippen molar-refractivity contribution in [2.45, 2.75) is 25.9 Å². The Hall–Kier alpha value is -3.40. The Balaban J connectivity index is 1.25. The molecule has 0 aliphatic heterocycles. The second-order valence-corrected chi connectivity index (χ2v) is 6.61. The van der Waals surface area contributed by atoms with Gasteiger partial charge in [0.1, 0.15) is 18.1 Å². The first-order valence-corrected chi connectivity index (χ1v) is 9.48. The molecule has 4 nitrogen and oxygen atoms in total. The van der Waals surface area contributed by atoms with Crippen LogP contribution in [-0.4, -0.2) is 9.97 Å². The van der Waals surface area contributed by atoms with E-state index in [9.17, 15) is 0 Å². The number of hydrogen-bond acceptors (Lipinski definition) is 4. The molecule has 0 unspecified atom stereocenters. The normalized spacial score (nSPS) is 10.7. The van der Waals surface area contributed by atoms with E-state index in [0.717, 1.165) is 42.4 Å². The van der Waals surface area contributed by atoms with Gasteiger partial charge in [0, 0.05) is 12.6 Å². The van der Waals surface area contributed by atoms with Crippen molar-refractivity contribution in [3.8, 4) is 17.2 Å². The van der Waals surface area contributed by atoms with Gasteiger partial charge in [-0.15, -0.1) is 0 Å². The van der Waals surface area contributed by atoms with E-state index in [2.05, 4.69) is 34.2 Å². The molecule has 140 valence electrons. The fraction of sp³-hybridized carbons (Fsp3) is 0.167. The number of benzene rings is 2. The van der Waals surface area contributed by atoms with Crippen molar-refractivity contribution in [2.24, 2.45) is 0 Å². The molecule has 0 saturated carbocycles. The maximum atomic E-state index is 5.81. The van der Waals surface area contributed by atoms with Crippen molar-refractivity contribution in [1.29, 1.82) is 0 Å². The monoisotopic (exact) mass is 370 g/mol. The summed E-state index contributed by atoms with van der Waals surface area (Å²) in [5.74, 6) is 2.37. The van der Waals surface area contributed by atoms with E-state index in [-0.39, 0.29) is 0 Å². The molecule has 2 aromatic heterocycles. The third kappa shape index (κ3) is 4.86. The predicted octanol–water partition coefficient (Wildman–Crippen LogP) is 5.49. The summed E-state index contributed by atoms with van der Waals surface area (Å²) in [7, 11) is 0. The van der Waals surface area contributed by atoms with Crippen LogP contribution in [0.1, 0.15) is 23.4 Å². The van der Waals surface area contributed by atoms with Gasteiger partial charge in [0.05, 0.1) is 6.20 Å². The van der Waals surface area contributed by atoms with Crippen LogP contribution in [0.3, 0.4) is 0 Å². The van der Waals surface area contributed by atoms with Crippen molar-refractivity contribution in [2.75, 3.05) is 0 Å². The van der Waals surface area contributed by atoms with Gasteiger partial charge >= 0.3 is 0 Å². The average Bonchev–Trinajstić information content (AvgIpc) is 3.24. The lowest BCUT2D eigenvalue weighted by Gasteiger charge is -2.07. The molecule has 4 heteroatoms. The van der Waals surface area contributed by atoms with Gasteiger partial charge in [0.2, 0.25) is 0 Å². The van der Waals surface area contributed by atoms with Gasteiger partial charge in [-0.25, -0.2) is 4.98 Å². The fourth-order valence-corrected chi connectivity index (χ4v) is 2.98. The second kappa shape index (κ2) is 9.00. The third-order valence-corrected chi connectivity index (χ3v) is 4.50. The number of hydrogen-bond donors (Lipinski definition) is 0. The topological polar surface area (TPSA) is 48.2 Å². The highest BCUT2D eigenvalue weighted by atomic mass is 16.5. The van der Waals surface area contributed by atoms with Crippen molar-refractivity contribution in [1.82, 2.24) is 9.97 Å². The molecule has 0 aliphatic rings. The maximum absolute atomic E-state index is 5.81. The Morgan fingerprint density at radius 1 is 0.750 bits per heavy atom. The number of oxazole rings is 1. The van der Waals surface area contributed by atoms with E-state index >= 15 is 0 Å². The van der Waals surface area contributed by atoms with Crippen molar-refractivity contribution >= 4 is 0 Å². The van der Waals surface area contributed by atoms with E-state index in [0.29, 0.717) is 6.61 Å². The molecule has 0 radical (unpaired) electrons. The number of ether oxygens (including phenoxy) is 1. The molecule has 0 N–H and O–H groups in total. The number of nitrogens with zero attached hydrogens (tertiary/aromatic N) is 2. The number of para-hydroxylation sites is 1. The molecule has 0 amide bonds. The molecule has 0 bridgehead atoms. The molecule has 4 rings (SSSR count). The van der Waals surface area contributed by atoms with Crippen LogP contribution in [0.2, 0.25) is 0 Å². The predicted molar refractivity (Wildman–Crippen MR) is 109 cm³/mol. The summed E-state index contributed by atoms with van der Waals surface area (Å²) in [6.07, 6.45) is 6.29. The summed E-state index contributed by atoms with van der Waals surface area (Å²) >= 11 is 0. The Morgan fingerprint density at radius 2 is 1.54 bits per heavy atom. The zero-order chi connectivity index (χ0) is 19.0. The summed E-state index contributed by atoms with van der Waals surface area (Å²) in [4.78, 5) is 8.66. The molecular formula is C24H22N2O2. The molecule has 2 heterocycles. The largest absolute Gasteiger partial charge is 0.489 e. The first-order chi connectivity index (χ1) is 13.9. The fourth-order valence-electron chi connectivity index (χ4n) is 2.98. The minimum Gasteiger partial charge on any atom is -0.489 e. The Morgan fingerprint density at radius 3 is 2.32 bits per heavy atom. The Kier molecular flexibility index (Phi) is 5.78. The molecule has 0 fully saturated rings. The zero-order valence-electron chi connectivity index (χ0n) is 15.6. The van der Waals surface area contributed by atoms with Gasteiger partial charge in [-0.3, -0.25) is 4.98 Å². The van der Waals surface area contributed by atoms with Crippen LogP contribution in [0, 0.1) is 0 Å². The van der Waals surface area contributed by atoms with Crippen LogP contribution >= 0.6 is 0 Å². The lowest BCUT2D eigenvalue weighted by molar-refractivity contribution is 0.306.